The van der Waals surface area contributed by atoms with Crippen molar-refractivity contribution in [3.63, 3.8) is 0 Å². The summed E-state index contributed by atoms with van der Waals surface area (Å²) in [6.45, 7) is 3.66. The van der Waals surface area contributed by atoms with Gasteiger partial charge in [0.1, 0.15) is 0 Å². The van der Waals surface area contributed by atoms with Gasteiger partial charge in [-0.3, -0.25) is 4.79 Å². The van der Waals surface area contributed by atoms with Gasteiger partial charge < -0.3 is 5.32 Å². The summed E-state index contributed by atoms with van der Waals surface area (Å²) < 4.78 is 26.2. The van der Waals surface area contributed by atoms with Crippen LogP contribution in [0.2, 0.25) is 0 Å². The normalized spacial score (nSPS) is 11.3. The van der Waals surface area contributed by atoms with Crippen LogP contribution in [0.25, 0.3) is 0 Å². The fourth-order valence-electron chi connectivity index (χ4n) is 2.26. The van der Waals surface area contributed by atoms with Gasteiger partial charge in [0.25, 0.3) is 0 Å². The number of hydrogen-bond acceptors (Lipinski definition) is 3. The van der Waals surface area contributed by atoms with Crippen molar-refractivity contribution < 1.29 is 13.2 Å². The van der Waals surface area contributed by atoms with Crippen LogP contribution in [0.4, 0.5) is 5.69 Å². The number of anilines is 1. The topological polar surface area (TPSA) is 75.3 Å². The molecule has 23 heavy (non-hydrogen) atoms. The van der Waals surface area contributed by atoms with E-state index in [0.29, 0.717) is 11.3 Å². The highest BCUT2D eigenvalue weighted by molar-refractivity contribution is 7.89. The molecule has 0 radical (unpaired) electrons. The molecule has 0 fully saturated rings. The molecule has 0 bridgehead atoms. The summed E-state index contributed by atoms with van der Waals surface area (Å²) in [7, 11) is -2.19. The van der Waals surface area contributed by atoms with Crippen LogP contribution >= 0.6 is 0 Å². The molecule has 0 aromatic heterocycles. The Morgan fingerprint density at radius 3 is 2.39 bits per heavy atom. The largest absolute Gasteiger partial charge is 0.326 e. The lowest BCUT2D eigenvalue weighted by Gasteiger charge is -2.11. The Morgan fingerprint density at radius 2 is 1.74 bits per heavy atom. The molecule has 0 aliphatic heterocycles. The molecule has 5 nitrogen and oxygen atoms in total. The minimum Gasteiger partial charge on any atom is -0.326 e. The van der Waals surface area contributed by atoms with E-state index in [1.807, 2.05) is 31.2 Å². The molecule has 0 atom stereocenters. The van der Waals surface area contributed by atoms with Crippen molar-refractivity contribution in [3.05, 3.63) is 59.2 Å². The average molecular weight is 332 g/mol. The molecule has 0 saturated carbocycles. The van der Waals surface area contributed by atoms with Gasteiger partial charge in [-0.25, -0.2) is 13.1 Å². The predicted molar refractivity (Wildman–Crippen MR) is 90.9 cm³/mol. The summed E-state index contributed by atoms with van der Waals surface area (Å²) in [5.74, 6) is -0.184. The number of aryl methyl sites for hydroxylation is 2. The molecule has 2 aromatic rings. The van der Waals surface area contributed by atoms with Gasteiger partial charge >= 0.3 is 0 Å². The lowest BCUT2D eigenvalue weighted by molar-refractivity contribution is -0.115. The first-order chi connectivity index (χ1) is 10.8. The molecule has 6 heteroatoms. The van der Waals surface area contributed by atoms with E-state index in [2.05, 4.69) is 10.0 Å². The second-order valence-corrected chi connectivity index (χ2v) is 7.19. The third kappa shape index (κ3) is 4.18. The Kier molecular flexibility index (Phi) is 5.18. The number of benzene rings is 2. The van der Waals surface area contributed by atoms with Crippen molar-refractivity contribution in [2.24, 2.45) is 0 Å². The van der Waals surface area contributed by atoms with Crippen molar-refractivity contribution in [1.29, 1.82) is 0 Å². The first-order valence-corrected chi connectivity index (χ1v) is 8.70. The predicted octanol–water partition coefficient (Wildman–Crippen LogP) is 2.39. The van der Waals surface area contributed by atoms with Crippen LogP contribution in [-0.4, -0.2) is 21.4 Å². The number of rotatable bonds is 5. The van der Waals surface area contributed by atoms with Crippen molar-refractivity contribution in [1.82, 2.24) is 4.72 Å². The zero-order valence-electron chi connectivity index (χ0n) is 13.4. The van der Waals surface area contributed by atoms with Crippen molar-refractivity contribution >= 4 is 21.6 Å². The third-order valence-corrected chi connectivity index (χ3v) is 5.20. The Bertz CT molecular complexity index is 829. The standard InChI is InChI=1S/C17H20N2O3S/c1-12-6-4-5-7-14(12)10-17(20)19-15-9-8-13(2)16(11-15)23(21,22)18-3/h4-9,11,18H,10H2,1-3H3,(H,19,20). The molecule has 0 saturated heterocycles. The van der Waals surface area contributed by atoms with Crippen molar-refractivity contribution in [2.75, 3.05) is 12.4 Å². The second kappa shape index (κ2) is 6.93. The number of carbonyl (C=O) groups excluding carboxylic acids is 1. The summed E-state index contributed by atoms with van der Waals surface area (Å²) in [5.41, 5.74) is 3.07. The second-order valence-electron chi connectivity index (χ2n) is 5.34. The fraction of sp³-hybridized carbons (Fsp3) is 0.235. The van der Waals surface area contributed by atoms with E-state index < -0.39 is 10.0 Å². The van der Waals surface area contributed by atoms with Crippen LogP contribution in [0.15, 0.2) is 47.4 Å². The first kappa shape index (κ1) is 17.2. The molecule has 0 aliphatic rings. The Labute approximate surface area is 136 Å². The smallest absolute Gasteiger partial charge is 0.240 e. The number of sulfonamides is 1. The molecular weight excluding hydrogens is 312 g/mol. The molecule has 122 valence electrons. The quantitative estimate of drug-likeness (QED) is 0.883. The highest BCUT2D eigenvalue weighted by atomic mass is 32.2. The maximum atomic E-state index is 12.2. The molecule has 2 N–H and O–H groups in total. The molecule has 2 rings (SSSR count). The maximum absolute atomic E-state index is 12.2. The van der Waals surface area contributed by atoms with Crippen molar-refractivity contribution in [2.45, 2.75) is 25.2 Å². The molecule has 1 amide bonds. The van der Waals surface area contributed by atoms with E-state index in [9.17, 15) is 13.2 Å². The van der Waals surface area contributed by atoms with E-state index in [4.69, 9.17) is 0 Å². The third-order valence-electron chi connectivity index (χ3n) is 3.64. The summed E-state index contributed by atoms with van der Waals surface area (Å²) in [6, 6.07) is 12.5. The Morgan fingerprint density at radius 1 is 1.04 bits per heavy atom. The van der Waals surface area contributed by atoms with Crippen molar-refractivity contribution in [3.8, 4) is 0 Å². The van der Waals surface area contributed by atoms with E-state index >= 15 is 0 Å². The van der Waals surface area contributed by atoms with Gasteiger partial charge in [0.2, 0.25) is 15.9 Å². The molecule has 0 heterocycles. The van der Waals surface area contributed by atoms with E-state index in [0.717, 1.165) is 11.1 Å². The van der Waals surface area contributed by atoms with Gasteiger partial charge in [-0.1, -0.05) is 30.3 Å². The Hall–Kier alpha value is -2.18. The highest BCUT2D eigenvalue weighted by Crippen LogP contribution is 2.20. The first-order valence-electron chi connectivity index (χ1n) is 7.22. The summed E-state index contributed by atoms with van der Waals surface area (Å²) in [6.07, 6.45) is 0.245. The lowest BCUT2D eigenvalue weighted by atomic mass is 10.1. The number of amides is 1. The minimum absolute atomic E-state index is 0.161. The monoisotopic (exact) mass is 332 g/mol. The van der Waals surface area contributed by atoms with Gasteiger partial charge in [-0.15, -0.1) is 0 Å². The molecule has 2 aromatic carbocycles. The highest BCUT2D eigenvalue weighted by Gasteiger charge is 2.16. The van der Waals surface area contributed by atoms with Gasteiger partial charge in [0.15, 0.2) is 0 Å². The zero-order chi connectivity index (χ0) is 17.0. The SMILES string of the molecule is CNS(=O)(=O)c1cc(NC(=O)Cc2ccccc2C)ccc1C. The Balaban J connectivity index is 2.19. The lowest BCUT2D eigenvalue weighted by Crippen LogP contribution is -2.20. The van der Waals surface area contributed by atoms with Crippen LogP contribution in [0, 0.1) is 13.8 Å². The summed E-state index contributed by atoms with van der Waals surface area (Å²) in [5, 5.41) is 2.75. The van der Waals surface area contributed by atoms with Gasteiger partial charge in [0.05, 0.1) is 11.3 Å². The molecule has 0 unspecified atom stereocenters. The zero-order valence-corrected chi connectivity index (χ0v) is 14.2. The number of carbonyl (C=O) groups is 1. The van der Waals surface area contributed by atoms with E-state index in [1.165, 1.54) is 13.1 Å². The van der Waals surface area contributed by atoms with Crippen LogP contribution in [0.5, 0.6) is 0 Å². The molecule has 0 aliphatic carbocycles. The fourth-order valence-corrected chi connectivity index (χ4v) is 3.26. The van der Waals surface area contributed by atoms with E-state index in [-0.39, 0.29) is 17.2 Å². The van der Waals surface area contributed by atoms with Crippen LogP contribution < -0.4 is 10.0 Å². The van der Waals surface area contributed by atoms with Gasteiger partial charge in [0, 0.05) is 5.69 Å². The minimum atomic E-state index is -3.55. The van der Waals surface area contributed by atoms with Gasteiger partial charge in [-0.05, 0) is 49.7 Å². The van der Waals surface area contributed by atoms with Crippen LogP contribution in [0.3, 0.4) is 0 Å². The average Bonchev–Trinajstić information content (AvgIpc) is 2.51. The number of hydrogen-bond donors (Lipinski definition) is 2. The summed E-state index contributed by atoms with van der Waals surface area (Å²) >= 11 is 0. The maximum Gasteiger partial charge on any atom is 0.240 e. The van der Waals surface area contributed by atoms with Gasteiger partial charge in [-0.2, -0.15) is 0 Å². The molecule has 0 spiro atoms. The summed E-state index contributed by atoms with van der Waals surface area (Å²) in [4.78, 5) is 12.3. The van der Waals surface area contributed by atoms with Crippen LogP contribution in [0.1, 0.15) is 16.7 Å². The van der Waals surface area contributed by atoms with Crippen LogP contribution in [-0.2, 0) is 21.2 Å². The molecular formula is C17H20N2O3S. The van der Waals surface area contributed by atoms with E-state index in [1.54, 1.807) is 19.1 Å². The number of nitrogens with one attached hydrogen (secondary N) is 2.